The van der Waals surface area contributed by atoms with Crippen LogP contribution in [0, 0.1) is 6.92 Å². The van der Waals surface area contributed by atoms with Crippen LogP contribution in [0.2, 0.25) is 0 Å². The van der Waals surface area contributed by atoms with Crippen molar-refractivity contribution >= 4 is 23.9 Å². The number of hydrogen-bond acceptors (Lipinski definition) is 4. The molecular weight excluding hydrogens is 538 g/mol. The quantitative estimate of drug-likeness (QED) is 0.0901. The van der Waals surface area contributed by atoms with Gasteiger partial charge in [-0.25, -0.2) is 4.79 Å². The molecule has 234 valence electrons. The summed E-state index contributed by atoms with van der Waals surface area (Å²) < 4.78 is 0. The van der Waals surface area contributed by atoms with E-state index < -0.39 is 12.0 Å². The number of carbonyl (C=O) groups excluding carboxylic acids is 2. The summed E-state index contributed by atoms with van der Waals surface area (Å²) in [6.45, 7) is 4.52. The number of amides is 2. The number of unbranched alkanes of at least 4 members (excludes halogenated alkanes) is 2. The van der Waals surface area contributed by atoms with E-state index in [1.54, 1.807) is 12.3 Å². The molecular formula is C36H51N3O4. The van der Waals surface area contributed by atoms with Crippen molar-refractivity contribution in [1.82, 2.24) is 15.6 Å². The molecule has 7 heteroatoms. The zero-order valence-electron chi connectivity index (χ0n) is 26.0. The second kappa shape index (κ2) is 25.7. The third-order valence-corrected chi connectivity index (χ3v) is 6.36. The molecule has 0 aromatic carbocycles. The van der Waals surface area contributed by atoms with Crippen molar-refractivity contribution in [3.63, 3.8) is 0 Å². The fraction of sp³-hybridized carbons (Fsp3) is 0.444. The van der Waals surface area contributed by atoms with Crippen molar-refractivity contribution in [1.29, 1.82) is 0 Å². The van der Waals surface area contributed by atoms with Gasteiger partial charge in [0.1, 0.15) is 6.04 Å². The van der Waals surface area contributed by atoms with E-state index in [4.69, 9.17) is 0 Å². The summed E-state index contributed by atoms with van der Waals surface area (Å²) in [5.41, 5.74) is 1.88. The van der Waals surface area contributed by atoms with E-state index in [1.807, 2.05) is 25.1 Å². The van der Waals surface area contributed by atoms with Crippen LogP contribution in [-0.2, 0) is 14.4 Å². The average molecular weight is 590 g/mol. The monoisotopic (exact) mass is 589 g/mol. The van der Waals surface area contributed by atoms with Gasteiger partial charge in [0, 0.05) is 31.3 Å². The van der Waals surface area contributed by atoms with Crippen LogP contribution in [0.4, 0.5) is 0 Å². The fourth-order valence-electron chi connectivity index (χ4n) is 3.93. The molecule has 7 nitrogen and oxygen atoms in total. The van der Waals surface area contributed by atoms with E-state index >= 15 is 0 Å². The van der Waals surface area contributed by atoms with Crippen molar-refractivity contribution in [2.45, 2.75) is 96.9 Å². The zero-order valence-corrected chi connectivity index (χ0v) is 26.0. The van der Waals surface area contributed by atoms with E-state index in [0.29, 0.717) is 38.6 Å². The number of aromatic nitrogens is 1. The third-order valence-electron chi connectivity index (χ3n) is 6.36. The molecule has 0 aliphatic heterocycles. The second-order valence-electron chi connectivity index (χ2n) is 10.2. The van der Waals surface area contributed by atoms with E-state index in [-0.39, 0.29) is 18.2 Å². The molecule has 2 amide bonds. The molecule has 0 radical (unpaired) electrons. The summed E-state index contributed by atoms with van der Waals surface area (Å²) in [4.78, 5) is 40.0. The molecule has 0 saturated carbocycles. The Labute approximate surface area is 258 Å². The molecule has 0 saturated heterocycles. The molecule has 1 heterocycles. The SMILES string of the molecule is CCC=CCC=CCC=CCC=CCC=CCCCC(=O)NC(CCCCNC(=O)CC=Cc1ccc(C)nc1)C(=O)O. The van der Waals surface area contributed by atoms with Crippen LogP contribution < -0.4 is 10.6 Å². The van der Waals surface area contributed by atoms with Gasteiger partial charge >= 0.3 is 5.97 Å². The molecule has 1 aromatic heterocycles. The van der Waals surface area contributed by atoms with Gasteiger partial charge in [-0.1, -0.05) is 85.9 Å². The summed E-state index contributed by atoms with van der Waals surface area (Å²) >= 11 is 0. The summed E-state index contributed by atoms with van der Waals surface area (Å²) in [6, 6.07) is 2.95. The fourth-order valence-corrected chi connectivity index (χ4v) is 3.93. The molecule has 0 fully saturated rings. The average Bonchev–Trinajstić information content (AvgIpc) is 2.98. The Bertz CT molecular complexity index is 1100. The van der Waals surface area contributed by atoms with E-state index in [2.05, 4.69) is 83.3 Å². The standard InChI is InChI=1S/C36H51N3O4/c1-3-4-5-6-7-8-9-10-11-12-13-14-15-16-17-18-19-25-35(41)39-33(36(42)43)24-20-21-29-37-34(40)26-22-23-32-28-27-31(2)38-30-32/h4-5,7-8,10-11,13-14,16-17,22-23,27-28,30,33H,3,6,9,12,15,18-21,24-26,29H2,1-2H3,(H,37,40)(H,39,41)(H,42,43). The van der Waals surface area contributed by atoms with Gasteiger partial charge in [-0.05, 0) is 82.8 Å². The molecule has 3 N–H and O–H groups in total. The van der Waals surface area contributed by atoms with Gasteiger partial charge in [0.05, 0.1) is 0 Å². The third kappa shape index (κ3) is 22.3. The summed E-state index contributed by atoms with van der Waals surface area (Å²) in [7, 11) is 0. The summed E-state index contributed by atoms with van der Waals surface area (Å²) in [6.07, 6.45) is 35.3. The molecule has 1 atom stereocenters. The maximum atomic E-state index is 12.2. The number of pyridine rings is 1. The number of rotatable bonds is 23. The molecule has 1 rings (SSSR count). The molecule has 0 aliphatic carbocycles. The van der Waals surface area contributed by atoms with Crippen LogP contribution in [0.1, 0.15) is 95.2 Å². The number of hydrogen-bond donors (Lipinski definition) is 3. The Morgan fingerprint density at radius 1 is 0.814 bits per heavy atom. The minimum absolute atomic E-state index is 0.0908. The number of carboxylic acid groups (broad SMARTS) is 1. The van der Waals surface area contributed by atoms with Crippen molar-refractivity contribution in [3.05, 3.63) is 96.4 Å². The van der Waals surface area contributed by atoms with E-state index in [1.165, 1.54) is 0 Å². The largest absolute Gasteiger partial charge is 0.480 e. The highest BCUT2D eigenvalue weighted by Gasteiger charge is 2.19. The molecule has 0 spiro atoms. The van der Waals surface area contributed by atoms with Crippen LogP contribution in [0.3, 0.4) is 0 Å². The van der Waals surface area contributed by atoms with Gasteiger partial charge in [-0.15, -0.1) is 0 Å². The lowest BCUT2D eigenvalue weighted by Crippen LogP contribution is -2.40. The lowest BCUT2D eigenvalue weighted by Gasteiger charge is -2.14. The molecule has 0 bridgehead atoms. The van der Waals surface area contributed by atoms with Crippen molar-refractivity contribution in [3.8, 4) is 0 Å². The topological polar surface area (TPSA) is 108 Å². The molecule has 0 aliphatic rings. The smallest absolute Gasteiger partial charge is 0.326 e. The molecule has 1 unspecified atom stereocenters. The molecule has 1 aromatic rings. The minimum atomic E-state index is -1.04. The number of nitrogens with zero attached hydrogens (tertiary/aromatic N) is 1. The van der Waals surface area contributed by atoms with Gasteiger partial charge < -0.3 is 15.7 Å². The highest BCUT2D eigenvalue weighted by Crippen LogP contribution is 2.05. The van der Waals surface area contributed by atoms with Gasteiger partial charge in [-0.2, -0.15) is 0 Å². The maximum absolute atomic E-state index is 12.2. The predicted molar refractivity (Wildman–Crippen MR) is 177 cm³/mol. The maximum Gasteiger partial charge on any atom is 0.326 e. The minimum Gasteiger partial charge on any atom is -0.480 e. The normalized spacial score (nSPS) is 12.9. The summed E-state index contributed by atoms with van der Waals surface area (Å²) in [5, 5.41) is 14.9. The summed E-state index contributed by atoms with van der Waals surface area (Å²) in [5.74, 6) is -1.37. The number of allylic oxidation sites excluding steroid dienone is 10. The second-order valence-corrected chi connectivity index (χ2v) is 10.2. The van der Waals surface area contributed by atoms with Crippen LogP contribution >= 0.6 is 0 Å². The van der Waals surface area contributed by atoms with Gasteiger partial charge in [-0.3, -0.25) is 14.6 Å². The van der Waals surface area contributed by atoms with Crippen LogP contribution in [0.25, 0.3) is 6.08 Å². The number of aliphatic carboxylic acids is 1. The predicted octanol–water partition coefficient (Wildman–Crippen LogP) is 7.57. The Kier molecular flexibility index (Phi) is 22.1. The van der Waals surface area contributed by atoms with Crippen LogP contribution in [0.5, 0.6) is 0 Å². The Morgan fingerprint density at radius 2 is 1.44 bits per heavy atom. The van der Waals surface area contributed by atoms with Gasteiger partial charge in [0.2, 0.25) is 11.8 Å². The number of carboxylic acids is 1. The first-order valence-corrected chi connectivity index (χ1v) is 15.5. The van der Waals surface area contributed by atoms with E-state index in [0.717, 1.165) is 49.8 Å². The first-order valence-electron chi connectivity index (χ1n) is 15.5. The highest BCUT2D eigenvalue weighted by atomic mass is 16.4. The Morgan fingerprint density at radius 3 is 2.02 bits per heavy atom. The van der Waals surface area contributed by atoms with Crippen molar-refractivity contribution in [2.75, 3.05) is 6.54 Å². The Hall–Kier alpha value is -4.00. The number of carbonyl (C=O) groups is 3. The van der Waals surface area contributed by atoms with Crippen LogP contribution in [-0.4, -0.2) is 40.5 Å². The van der Waals surface area contributed by atoms with Gasteiger partial charge in [0.25, 0.3) is 0 Å². The highest BCUT2D eigenvalue weighted by molar-refractivity contribution is 5.83. The number of aryl methyl sites for hydroxylation is 1. The lowest BCUT2D eigenvalue weighted by atomic mass is 10.1. The van der Waals surface area contributed by atoms with Crippen molar-refractivity contribution in [2.24, 2.45) is 0 Å². The first kappa shape index (κ1) is 37.0. The Balaban J connectivity index is 2.10. The molecule has 43 heavy (non-hydrogen) atoms. The van der Waals surface area contributed by atoms with Crippen LogP contribution in [0.15, 0.2) is 85.2 Å². The number of nitrogens with one attached hydrogen (secondary N) is 2. The lowest BCUT2D eigenvalue weighted by molar-refractivity contribution is -0.142. The zero-order chi connectivity index (χ0) is 31.4. The van der Waals surface area contributed by atoms with Gasteiger partial charge in [0.15, 0.2) is 0 Å². The van der Waals surface area contributed by atoms with E-state index in [9.17, 15) is 19.5 Å². The first-order chi connectivity index (χ1) is 20.9. The van der Waals surface area contributed by atoms with Crippen molar-refractivity contribution < 1.29 is 19.5 Å².